The van der Waals surface area contributed by atoms with Gasteiger partial charge in [0, 0.05) is 0 Å². The van der Waals surface area contributed by atoms with Crippen LogP contribution in [0.25, 0.3) is 0 Å². The third-order valence-electron chi connectivity index (χ3n) is 2.88. The van der Waals surface area contributed by atoms with Crippen molar-refractivity contribution < 1.29 is 4.74 Å². The van der Waals surface area contributed by atoms with Crippen molar-refractivity contribution in [2.75, 3.05) is 6.54 Å². The standard InChI is InChI=1S/C12H13ClN2O/c13-11-5-8(6-14)1-2-12(11)16-10-3-9(4-10)7-15/h1-2,5,9-10H,3-4,7,15H2. The number of rotatable bonds is 3. The van der Waals surface area contributed by atoms with Crippen LogP contribution < -0.4 is 10.5 Å². The van der Waals surface area contributed by atoms with Gasteiger partial charge in [0.05, 0.1) is 22.8 Å². The molecule has 0 radical (unpaired) electrons. The van der Waals surface area contributed by atoms with Gasteiger partial charge >= 0.3 is 0 Å². The Balaban J connectivity index is 1.98. The fourth-order valence-electron chi connectivity index (χ4n) is 1.81. The topological polar surface area (TPSA) is 59.0 Å². The summed E-state index contributed by atoms with van der Waals surface area (Å²) >= 11 is 6.00. The number of hydrogen-bond donors (Lipinski definition) is 1. The Labute approximate surface area is 99.8 Å². The van der Waals surface area contributed by atoms with Gasteiger partial charge in [0.2, 0.25) is 0 Å². The summed E-state index contributed by atoms with van der Waals surface area (Å²) in [7, 11) is 0. The number of benzene rings is 1. The van der Waals surface area contributed by atoms with E-state index in [0.717, 1.165) is 19.4 Å². The molecule has 1 aromatic rings. The van der Waals surface area contributed by atoms with Gasteiger partial charge in [-0.1, -0.05) is 11.6 Å². The fourth-order valence-corrected chi connectivity index (χ4v) is 2.03. The van der Waals surface area contributed by atoms with E-state index in [2.05, 4.69) is 0 Å². The molecule has 0 aliphatic heterocycles. The molecule has 0 heterocycles. The first kappa shape index (κ1) is 11.3. The van der Waals surface area contributed by atoms with E-state index in [-0.39, 0.29) is 6.10 Å². The molecule has 0 spiro atoms. The van der Waals surface area contributed by atoms with Crippen molar-refractivity contribution in [3.8, 4) is 11.8 Å². The zero-order chi connectivity index (χ0) is 11.5. The summed E-state index contributed by atoms with van der Waals surface area (Å²) in [6, 6.07) is 7.11. The normalized spacial score (nSPS) is 23.3. The van der Waals surface area contributed by atoms with Gasteiger partial charge in [-0.25, -0.2) is 0 Å². The number of hydrogen-bond acceptors (Lipinski definition) is 3. The fraction of sp³-hybridized carbons (Fsp3) is 0.417. The number of halogens is 1. The second-order valence-electron chi connectivity index (χ2n) is 4.07. The first-order valence-corrected chi connectivity index (χ1v) is 5.67. The smallest absolute Gasteiger partial charge is 0.138 e. The summed E-state index contributed by atoms with van der Waals surface area (Å²) in [6.45, 7) is 0.723. The van der Waals surface area contributed by atoms with Crippen molar-refractivity contribution in [2.24, 2.45) is 11.7 Å². The highest BCUT2D eigenvalue weighted by Crippen LogP contribution is 2.33. The Morgan fingerprint density at radius 2 is 2.25 bits per heavy atom. The molecule has 3 nitrogen and oxygen atoms in total. The third kappa shape index (κ3) is 2.29. The second kappa shape index (κ2) is 4.73. The average Bonchev–Trinajstić information content (AvgIpc) is 2.24. The van der Waals surface area contributed by atoms with Crippen LogP contribution in [-0.2, 0) is 0 Å². The van der Waals surface area contributed by atoms with Gasteiger partial charge < -0.3 is 10.5 Å². The van der Waals surface area contributed by atoms with Crippen molar-refractivity contribution >= 4 is 11.6 Å². The van der Waals surface area contributed by atoms with Crippen LogP contribution in [0.1, 0.15) is 18.4 Å². The van der Waals surface area contributed by atoms with E-state index in [1.807, 2.05) is 6.07 Å². The van der Waals surface area contributed by atoms with Gasteiger partial charge in [0.15, 0.2) is 0 Å². The Morgan fingerprint density at radius 1 is 1.50 bits per heavy atom. The Morgan fingerprint density at radius 3 is 2.81 bits per heavy atom. The van der Waals surface area contributed by atoms with Crippen LogP contribution in [-0.4, -0.2) is 12.6 Å². The summed E-state index contributed by atoms with van der Waals surface area (Å²) in [5.74, 6) is 1.24. The van der Waals surface area contributed by atoms with Crippen LogP contribution in [0.15, 0.2) is 18.2 Å². The van der Waals surface area contributed by atoms with E-state index in [1.54, 1.807) is 18.2 Å². The van der Waals surface area contributed by atoms with E-state index in [1.165, 1.54) is 0 Å². The van der Waals surface area contributed by atoms with Crippen molar-refractivity contribution in [3.63, 3.8) is 0 Å². The Bertz CT molecular complexity index is 422. The molecule has 1 aliphatic carbocycles. The summed E-state index contributed by atoms with van der Waals surface area (Å²) in [4.78, 5) is 0. The molecule has 0 atom stereocenters. The predicted molar refractivity (Wildman–Crippen MR) is 62.4 cm³/mol. The quantitative estimate of drug-likeness (QED) is 0.876. The van der Waals surface area contributed by atoms with Gasteiger partial charge in [-0.15, -0.1) is 0 Å². The number of nitriles is 1. The van der Waals surface area contributed by atoms with Gasteiger partial charge in [0.1, 0.15) is 5.75 Å². The molecule has 0 unspecified atom stereocenters. The maximum atomic E-state index is 8.70. The molecule has 2 N–H and O–H groups in total. The highest BCUT2D eigenvalue weighted by molar-refractivity contribution is 6.32. The van der Waals surface area contributed by atoms with E-state index < -0.39 is 0 Å². The van der Waals surface area contributed by atoms with Crippen LogP contribution in [0, 0.1) is 17.2 Å². The number of nitrogens with two attached hydrogens (primary N) is 1. The van der Waals surface area contributed by atoms with Crippen molar-refractivity contribution in [3.05, 3.63) is 28.8 Å². The molecule has 4 heteroatoms. The van der Waals surface area contributed by atoms with Crippen molar-refractivity contribution in [2.45, 2.75) is 18.9 Å². The lowest BCUT2D eigenvalue weighted by Gasteiger charge is -2.34. The minimum absolute atomic E-state index is 0.221. The molecule has 0 amide bonds. The molecule has 0 saturated heterocycles. The van der Waals surface area contributed by atoms with E-state index >= 15 is 0 Å². The molecular formula is C12H13ClN2O. The molecule has 0 bridgehead atoms. The van der Waals surface area contributed by atoms with Crippen molar-refractivity contribution in [1.82, 2.24) is 0 Å². The van der Waals surface area contributed by atoms with Crippen LogP contribution in [0.2, 0.25) is 5.02 Å². The highest BCUT2D eigenvalue weighted by atomic mass is 35.5. The highest BCUT2D eigenvalue weighted by Gasteiger charge is 2.29. The van der Waals surface area contributed by atoms with E-state index in [4.69, 9.17) is 27.3 Å². The molecule has 1 aliphatic rings. The summed E-state index contributed by atoms with van der Waals surface area (Å²) in [5.41, 5.74) is 6.09. The van der Waals surface area contributed by atoms with Gasteiger partial charge in [0.25, 0.3) is 0 Å². The Hall–Kier alpha value is -1.24. The first-order valence-electron chi connectivity index (χ1n) is 5.29. The SMILES string of the molecule is N#Cc1ccc(OC2CC(CN)C2)c(Cl)c1. The van der Waals surface area contributed by atoms with Gasteiger partial charge in [-0.05, 0) is 43.5 Å². The molecule has 84 valence electrons. The molecule has 2 rings (SSSR count). The van der Waals surface area contributed by atoms with E-state index in [0.29, 0.717) is 22.3 Å². The second-order valence-corrected chi connectivity index (χ2v) is 4.48. The summed E-state index contributed by atoms with van der Waals surface area (Å²) in [6.07, 6.45) is 2.21. The lowest BCUT2D eigenvalue weighted by Crippen LogP contribution is -2.37. The van der Waals surface area contributed by atoms with Gasteiger partial charge in [-0.2, -0.15) is 5.26 Å². The van der Waals surface area contributed by atoms with Crippen LogP contribution in [0.4, 0.5) is 0 Å². The molecule has 1 saturated carbocycles. The monoisotopic (exact) mass is 236 g/mol. The lowest BCUT2D eigenvalue weighted by molar-refractivity contribution is 0.0691. The minimum atomic E-state index is 0.221. The lowest BCUT2D eigenvalue weighted by atomic mass is 9.82. The molecule has 0 aromatic heterocycles. The van der Waals surface area contributed by atoms with E-state index in [9.17, 15) is 0 Å². The maximum absolute atomic E-state index is 8.70. The minimum Gasteiger partial charge on any atom is -0.489 e. The maximum Gasteiger partial charge on any atom is 0.138 e. The number of ether oxygens (including phenoxy) is 1. The third-order valence-corrected chi connectivity index (χ3v) is 3.18. The van der Waals surface area contributed by atoms with Crippen LogP contribution >= 0.6 is 11.6 Å². The summed E-state index contributed by atoms with van der Waals surface area (Å²) < 4.78 is 5.72. The van der Waals surface area contributed by atoms with Crippen LogP contribution in [0.3, 0.4) is 0 Å². The zero-order valence-corrected chi connectivity index (χ0v) is 9.57. The molecule has 16 heavy (non-hydrogen) atoms. The molecule has 1 fully saturated rings. The average molecular weight is 237 g/mol. The van der Waals surface area contributed by atoms with Crippen molar-refractivity contribution in [1.29, 1.82) is 5.26 Å². The first-order chi connectivity index (χ1) is 7.72. The van der Waals surface area contributed by atoms with Crippen LogP contribution in [0.5, 0.6) is 5.75 Å². The molecular weight excluding hydrogens is 224 g/mol. The zero-order valence-electron chi connectivity index (χ0n) is 8.82. The summed E-state index contributed by atoms with van der Waals surface area (Å²) in [5, 5.41) is 9.19. The van der Waals surface area contributed by atoms with Gasteiger partial charge in [-0.3, -0.25) is 0 Å². The predicted octanol–water partition coefficient (Wildman–Crippen LogP) is 2.33. The largest absolute Gasteiger partial charge is 0.489 e. The Kier molecular flexibility index (Phi) is 3.33. The number of nitrogens with zero attached hydrogens (tertiary/aromatic N) is 1. The molecule has 1 aromatic carbocycles.